The molecule has 14 heteroatoms. The topological polar surface area (TPSA) is 172 Å². The molecule has 0 saturated heterocycles. The number of hydrogen-bond acceptors (Lipinski definition) is 12. The van der Waals surface area contributed by atoms with E-state index in [1.165, 1.54) is 40.9 Å². The zero-order valence-corrected chi connectivity index (χ0v) is 29.0. The van der Waals surface area contributed by atoms with Gasteiger partial charge in [-0.25, -0.2) is 20.4 Å². The van der Waals surface area contributed by atoms with Gasteiger partial charge in [-0.15, -0.1) is 0 Å². The first-order valence-corrected chi connectivity index (χ1v) is 15.9. The summed E-state index contributed by atoms with van der Waals surface area (Å²) in [6, 6.07) is 22.7. The Labute approximate surface area is 300 Å². The summed E-state index contributed by atoms with van der Waals surface area (Å²) in [5, 5.41) is 7.94. The van der Waals surface area contributed by atoms with Crippen LogP contribution in [0.5, 0.6) is 34.5 Å². The van der Waals surface area contributed by atoms with Crippen molar-refractivity contribution in [1.29, 1.82) is 0 Å². The molecule has 0 aliphatic heterocycles. The van der Waals surface area contributed by atoms with E-state index in [0.717, 1.165) is 0 Å². The van der Waals surface area contributed by atoms with Crippen LogP contribution in [-0.2, 0) is 9.59 Å². The van der Waals surface area contributed by atoms with Crippen LogP contribution in [0.3, 0.4) is 0 Å². The maximum absolute atomic E-state index is 12.5. The smallest absolute Gasteiger partial charge is 0.343 e. The van der Waals surface area contributed by atoms with E-state index >= 15 is 0 Å². The normalized spacial score (nSPS) is 10.8. The second-order valence-corrected chi connectivity index (χ2v) is 10.9. The van der Waals surface area contributed by atoms with E-state index in [-0.39, 0.29) is 36.2 Å². The minimum atomic E-state index is -0.559. The maximum Gasteiger partial charge on any atom is 0.343 e. The minimum absolute atomic E-state index is 0.159. The summed E-state index contributed by atoms with van der Waals surface area (Å²) < 4.78 is 31.9. The molecular weight excluding hydrogens is 672 g/mol. The molecule has 0 saturated carbocycles. The molecule has 4 aromatic carbocycles. The first-order valence-electron chi connectivity index (χ1n) is 15.9. The van der Waals surface area contributed by atoms with Crippen LogP contribution in [-0.4, -0.2) is 64.6 Å². The van der Waals surface area contributed by atoms with Gasteiger partial charge < -0.3 is 28.4 Å². The average Bonchev–Trinajstić information content (AvgIpc) is 3.17. The predicted octanol–water partition coefficient (Wildman–Crippen LogP) is 5.32. The number of benzene rings is 4. The zero-order chi connectivity index (χ0) is 37.3. The Balaban J connectivity index is 1.15. The van der Waals surface area contributed by atoms with Crippen molar-refractivity contribution in [2.75, 3.05) is 28.4 Å². The molecule has 0 unspecified atom stereocenters. The van der Waals surface area contributed by atoms with E-state index in [9.17, 15) is 19.2 Å². The quantitative estimate of drug-likeness (QED) is 0.0480. The average molecular weight is 711 g/mol. The van der Waals surface area contributed by atoms with Gasteiger partial charge in [0.2, 0.25) is 11.8 Å². The number of nitrogens with one attached hydrogen (secondary N) is 2. The number of carbonyl (C=O) groups is 4. The third-order valence-corrected chi connectivity index (χ3v) is 7.30. The van der Waals surface area contributed by atoms with Crippen molar-refractivity contribution in [3.63, 3.8) is 0 Å². The highest BCUT2D eigenvalue weighted by molar-refractivity contribution is 5.92. The molecule has 4 aromatic rings. The summed E-state index contributed by atoms with van der Waals surface area (Å²) in [6.45, 7) is 0. The van der Waals surface area contributed by atoms with Crippen molar-refractivity contribution < 1.29 is 47.6 Å². The van der Waals surface area contributed by atoms with Crippen LogP contribution in [0.4, 0.5) is 0 Å². The molecule has 270 valence electrons. The van der Waals surface area contributed by atoms with Crippen LogP contribution in [0.15, 0.2) is 95.1 Å². The van der Waals surface area contributed by atoms with E-state index in [0.29, 0.717) is 58.1 Å². The fourth-order valence-electron chi connectivity index (χ4n) is 4.51. The predicted molar refractivity (Wildman–Crippen MR) is 192 cm³/mol. The second kappa shape index (κ2) is 19.5. The summed E-state index contributed by atoms with van der Waals surface area (Å²) in [5.41, 5.74) is 6.79. The molecule has 14 nitrogen and oxygen atoms in total. The zero-order valence-electron chi connectivity index (χ0n) is 29.0. The number of ether oxygens (including phenoxy) is 6. The van der Waals surface area contributed by atoms with Crippen LogP contribution in [0.1, 0.15) is 57.5 Å². The molecular formula is C38H38N4O10. The fourth-order valence-corrected chi connectivity index (χ4v) is 4.51. The number of nitrogens with zero attached hydrogens (tertiary/aromatic N) is 2. The number of carbonyl (C=O) groups excluding carboxylic acids is 4. The summed E-state index contributed by atoms with van der Waals surface area (Å²) in [6.07, 6.45) is 4.08. The van der Waals surface area contributed by atoms with Crippen molar-refractivity contribution in [2.24, 2.45) is 10.2 Å². The van der Waals surface area contributed by atoms with Crippen LogP contribution < -0.4 is 39.3 Å². The first kappa shape index (κ1) is 38.1. The largest absolute Gasteiger partial charge is 0.497 e. The molecule has 0 aliphatic carbocycles. The summed E-state index contributed by atoms with van der Waals surface area (Å²) in [4.78, 5) is 49.5. The van der Waals surface area contributed by atoms with Gasteiger partial charge in [0.15, 0.2) is 23.0 Å². The molecule has 0 radical (unpaired) electrons. The Morgan fingerprint density at radius 2 is 0.904 bits per heavy atom. The van der Waals surface area contributed by atoms with Gasteiger partial charge in [0.25, 0.3) is 0 Å². The number of methoxy groups -OCH3 is 4. The lowest BCUT2D eigenvalue weighted by molar-refractivity contribution is -0.123. The Morgan fingerprint density at radius 3 is 1.25 bits per heavy atom. The Morgan fingerprint density at radius 1 is 0.519 bits per heavy atom. The molecule has 52 heavy (non-hydrogen) atoms. The number of hydrazone groups is 2. The number of esters is 2. The number of unbranched alkanes of at least 4 members (excludes halogenated alkanes) is 1. The molecule has 4 rings (SSSR count). The minimum Gasteiger partial charge on any atom is -0.497 e. The standard InChI is InChI=1S/C38H38N4O10/c1-47-29-15-11-27(12-16-29)37(45)51-31-19-9-25(21-33(31)49-3)23-39-41-35(43)7-5-6-8-36(44)42-40-24-26-10-20-32(34(22-26)50-4)52-38(46)28-13-17-30(48-2)18-14-28/h9-24H,5-8H2,1-4H3,(H,41,43)(H,42,44)/b39-23-,40-24-. The van der Waals surface area contributed by atoms with Crippen LogP contribution in [0.25, 0.3) is 0 Å². The van der Waals surface area contributed by atoms with E-state index in [1.807, 2.05) is 0 Å². The van der Waals surface area contributed by atoms with Crippen LogP contribution in [0, 0.1) is 0 Å². The third kappa shape index (κ3) is 11.4. The van der Waals surface area contributed by atoms with Gasteiger partial charge in [-0.2, -0.15) is 10.2 Å². The highest BCUT2D eigenvalue weighted by atomic mass is 16.6. The van der Waals surface area contributed by atoms with E-state index < -0.39 is 11.9 Å². The first-order chi connectivity index (χ1) is 25.2. The molecule has 0 spiro atoms. The fraction of sp³-hybridized carbons (Fsp3) is 0.211. The summed E-state index contributed by atoms with van der Waals surface area (Å²) >= 11 is 0. The number of rotatable bonds is 17. The summed E-state index contributed by atoms with van der Waals surface area (Å²) in [7, 11) is 5.96. The van der Waals surface area contributed by atoms with Crippen LogP contribution in [0.2, 0.25) is 0 Å². The lowest BCUT2D eigenvalue weighted by atomic mass is 10.2. The van der Waals surface area contributed by atoms with Gasteiger partial charge in [-0.3, -0.25) is 9.59 Å². The van der Waals surface area contributed by atoms with E-state index in [4.69, 9.17) is 28.4 Å². The van der Waals surface area contributed by atoms with Crippen molar-refractivity contribution in [1.82, 2.24) is 10.9 Å². The molecule has 0 fully saturated rings. The second-order valence-electron chi connectivity index (χ2n) is 10.9. The van der Waals surface area contributed by atoms with Gasteiger partial charge >= 0.3 is 11.9 Å². The molecule has 2 amide bonds. The maximum atomic E-state index is 12.5. The Kier molecular flexibility index (Phi) is 14.3. The van der Waals surface area contributed by atoms with E-state index in [2.05, 4.69) is 21.1 Å². The third-order valence-electron chi connectivity index (χ3n) is 7.30. The highest BCUT2D eigenvalue weighted by Gasteiger charge is 2.15. The monoisotopic (exact) mass is 710 g/mol. The number of amides is 2. The Hall–Kier alpha value is -6.70. The lowest BCUT2D eigenvalue weighted by Crippen LogP contribution is -2.19. The molecule has 0 heterocycles. The van der Waals surface area contributed by atoms with Gasteiger partial charge in [-0.05, 0) is 109 Å². The molecule has 0 aromatic heterocycles. The van der Waals surface area contributed by atoms with Crippen molar-refractivity contribution in [2.45, 2.75) is 25.7 Å². The van der Waals surface area contributed by atoms with Crippen LogP contribution >= 0.6 is 0 Å². The lowest BCUT2D eigenvalue weighted by Gasteiger charge is -2.10. The van der Waals surface area contributed by atoms with Crippen molar-refractivity contribution in [3.8, 4) is 34.5 Å². The highest BCUT2D eigenvalue weighted by Crippen LogP contribution is 2.30. The molecule has 0 aliphatic rings. The Bertz CT molecular complexity index is 1770. The van der Waals surface area contributed by atoms with Crippen molar-refractivity contribution in [3.05, 3.63) is 107 Å². The van der Waals surface area contributed by atoms with E-state index in [1.54, 1.807) is 84.9 Å². The van der Waals surface area contributed by atoms with Gasteiger partial charge in [0, 0.05) is 12.8 Å². The van der Waals surface area contributed by atoms with Gasteiger partial charge in [0.1, 0.15) is 11.5 Å². The molecule has 0 bridgehead atoms. The van der Waals surface area contributed by atoms with Crippen molar-refractivity contribution >= 4 is 36.2 Å². The number of hydrogen-bond donors (Lipinski definition) is 2. The SMILES string of the molecule is COc1ccc(C(=O)Oc2ccc(/C=N\NC(=O)CCCCC(=O)N/N=C\c3ccc(OC(=O)c4ccc(OC)cc4)c(OC)c3)cc2OC)cc1. The van der Waals surface area contributed by atoms with Gasteiger partial charge in [-0.1, -0.05) is 0 Å². The van der Waals surface area contributed by atoms with Gasteiger partial charge in [0.05, 0.1) is 52.0 Å². The molecule has 0 atom stereocenters. The summed E-state index contributed by atoms with van der Waals surface area (Å²) in [5.74, 6) is 0.533. The molecule has 2 N–H and O–H groups in total.